The van der Waals surface area contributed by atoms with Crippen molar-refractivity contribution >= 4 is 5.97 Å². The van der Waals surface area contributed by atoms with E-state index in [-0.39, 0.29) is 11.8 Å². The second-order valence-electron chi connectivity index (χ2n) is 8.21. The maximum absolute atomic E-state index is 12.5. The van der Waals surface area contributed by atoms with Crippen LogP contribution in [0.1, 0.15) is 66.7 Å². The normalized spacial score (nSPS) is 14.9. The Morgan fingerprint density at radius 1 is 1.35 bits per heavy atom. The molecule has 0 fully saturated rings. The monoisotopic (exact) mass is 430 g/mol. The quantitative estimate of drug-likeness (QED) is 0.521. The molecule has 0 radical (unpaired) electrons. The molecule has 0 amide bonds. The number of carboxylic acids is 1. The van der Waals surface area contributed by atoms with E-state index in [1.54, 1.807) is 7.11 Å². The second-order valence-corrected chi connectivity index (χ2v) is 8.21. The molecule has 0 bridgehead atoms. The van der Waals surface area contributed by atoms with Gasteiger partial charge in [-0.1, -0.05) is 27.2 Å². The molecular formula is C23H30N2O6. The highest BCUT2D eigenvalue weighted by molar-refractivity contribution is 5.92. The molecule has 8 heteroatoms. The van der Waals surface area contributed by atoms with E-state index >= 15 is 0 Å². The lowest BCUT2D eigenvalue weighted by Gasteiger charge is -2.31. The van der Waals surface area contributed by atoms with E-state index in [1.165, 1.54) is 0 Å². The van der Waals surface area contributed by atoms with Crippen LogP contribution in [0.2, 0.25) is 0 Å². The van der Waals surface area contributed by atoms with E-state index in [0.29, 0.717) is 43.0 Å². The van der Waals surface area contributed by atoms with Crippen molar-refractivity contribution in [2.45, 2.75) is 52.4 Å². The SMILES string of the molecule is CCCc1nc2c(cc1OCCCOC)CC(C(C)C)c1c-2[nH]c(=O)c(C(=O)O)c1O. The summed E-state index contributed by atoms with van der Waals surface area (Å²) in [6.07, 6.45) is 2.88. The van der Waals surface area contributed by atoms with Gasteiger partial charge in [0.2, 0.25) is 0 Å². The number of aromatic carboxylic acids is 1. The number of nitrogens with one attached hydrogen (secondary N) is 1. The second kappa shape index (κ2) is 9.51. The van der Waals surface area contributed by atoms with E-state index in [0.717, 1.165) is 29.8 Å². The van der Waals surface area contributed by atoms with Crippen molar-refractivity contribution in [2.75, 3.05) is 20.3 Å². The van der Waals surface area contributed by atoms with Crippen LogP contribution in [0.15, 0.2) is 10.9 Å². The van der Waals surface area contributed by atoms with E-state index in [2.05, 4.69) is 4.98 Å². The molecule has 0 aromatic carbocycles. The first kappa shape index (κ1) is 22.8. The molecule has 2 heterocycles. The Morgan fingerprint density at radius 3 is 2.71 bits per heavy atom. The van der Waals surface area contributed by atoms with Crippen molar-refractivity contribution in [3.8, 4) is 22.9 Å². The minimum Gasteiger partial charge on any atom is -0.506 e. The molecular weight excluding hydrogens is 400 g/mol. The molecule has 168 valence electrons. The largest absolute Gasteiger partial charge is 0.506 e. The van der Waals surface area contributed by atoms with Gasteiger partial charge in [0.1, 0.15) is 11.5 Å². The van der Waals surface area contributed by atoms with Crippen LogP contribution in [0.3, 0.4) is 0 Å². The number of ether oxygens (including phenoxy) is 2. The van der Waals surface area contributed by atoms with Crippen LogP contribution in [0.4, 0.5) is 0 Å². The van der Waals surface area contributed by atoms with Gasteiger partial charge in [-0.25, -0.2) is 9.78 Å². The van der Waals surface area contributed by atoms with Gasteiger partial charge >= 0.3 is 5.97 Å². The molecule has 1 unspecified atom stereocenters. The van der Waals surface area contributed by atoms with Crippen LogP contribution in [-0.2, 0) is 17.6 Å². The highest BCUT2D eigenvalue weighted by Crippen LogP contribution is 2.46. The summed E-state index contributed by atoms with van der Waals surface area (Å²) in [5.41, 5.74) is 1.64. The molecule has 1 aliphatic rings. The molecule has 2 aromatic heterocycles. The van der Waals surface area contributed by atoms with Crippen molar-refractivity contribution in [2.24, 2.45) is 5.92 Å². The number of aromatic hydroxyl groups is 1. The first-order valence-corrected chi connectivity index (χ1v) is 10.7. The predicted molar refractivity (Wildman–Crippen MR) is 116 cm³/mol. The van der Waals surface area contributed by atoms with Crippen molar-refractivity contribution < 1.29 is 24.5 Å². The number of aryl methyl sites for hydroxylation is 1. The third-order valence-corrected chi connectivity index (χ3v) is 5.67. The van der Waals surface area contributed by atoms with E-state index < -0.39 is 22.8 Å². The van der Waals surface area contributed by atoms with E-state index in [9.17, 15) is 19.8 Å². The summed E-state index contributed by atoms with van der Waals surface area (Å²) in [6, 6.07) is 1.97. The molecule has 3 N–H and O–H groups in total. The Labute approximate surface area is 181 Å². The summed E-state index contributed by atoms with van der Waals surface area (Å²) >= 11 is 0. The van der Waals surface area contributed by atoms with Gasteiger partial charge in [-0.05, 0) is 36.3 Å². The molecule has 8 nitrogen and oxygen atoms in total. The lowest BCUT2D eigenvalue weighted by atomic mass is 9.76. The van der Waals surface area contributed by atoms with Gasteiger partial charge in [0.25, 0.3) is 5.56 Å². The Hall–Kier alpha value is -2.87. The number of methoxy groups -OCH3 is 1. The van der Waals surface area contributed by atoms with Crippen LogP contribution >= 0.6 is 0 Å². The number of hydrogen-bond acceptors (Lipinski definition) is 6. The van der Waals surface area contributed by atoms with Crippen LogP contribution in [-0.4, -0.2) is 46.5 Å². The smallest absolute Gasteiger partial charge is 0.345 e. The summed E-state index contributed by atoms with van der Waals surface area (Å²) < 4.78 is 11.1. The zero-order chi connectivity index (χ0) is 22.7. The third-order valence-electron chi connectivity index (χ3n) is 5.67. The predicted octanol–water partition coefficient (Wildman–Crippen LogP) is 3.50. The summed E-state index contributed by atoms with van der Waals surface area (Å²) in [5.74, 6) is -1.26. The number of nitrogens with zero attached hydrogens (tertiary/aromatic N) is 1. The summed E-state index contributed by atoms with van der Waals surface area (Å²) in [7, 11) is 1.65. The lowest BCUT2D eigenvalue weighted by molar-refractivity contribution is 0.0691. The highest BCUT2D eigenvalue weighted by atomic mass is 16.5. The zero-order valence-electron chi connectivity index (χ0n) is 18.4. The Balaban J connectivity index is 2.17. The van der Waals surface area contributed by atoms with Crippen molar-refractivity contribution in [3.05, 3.63) is 38.8 Å². The standard InChI is InChI=1S/C23H30N2O6/c1-5-7-15-16(31-9-6-8-30-4)11-13-10-14(12(2)3)17-20(19(13)24-15)25-22(27)18(21(17)26)23(28)29/h11-12,14H,5-10H2,1-4H3,(H,28,29)(H2,25,26,27). The minimum absolute atomic E-state index is 0.103. The van der Waals surface area contributed by atoms with Crippen molar-refractivity contribution in [1.29, 1.82) is 0 Å². The van der Waals surface area contributed by atoms with E-state index in [1.807, 2.05) is 26.8 Å². The molecule has 2 aromatic rings. The van der Waals surface area contributed by atoms with Gasteiger partial charge in [0.15, 0.2) is 5.56 Å². The molecule has 1 aliphatic carbocycles. The first-order valence-electron chi connectivity index (χ1n) is 10.7. The molecule has 0 saturated carbocycles. The number of rotatable bonds is 9. The number of carboxylic acid groups (broad SMARTS) is 1. The van der Waals surface area contributed by atoms with Crippen LogP contribution < -0.4 is 10.3 Å². The zero-order valence-corrected chi connectivity index (χ0v) is 18.4. The molecule has 0 aliphatic heterocycles. The van der Waals surface area contributed by atoms with Gasteiger partial charge in [0, 0.05) is 25.7 Å². The first-order chi connectivity index (χ1) is 14.8. The fourth-order valence-electron chi connectivity index (χ4n) is 4.13. The molecule has 31 heavy (non-hydrogen) atoms. The third kappa shape index (κ3) is 4.44. The molecule has 0 spiro atoms. The number of pyridine rings is 2. The Morgan fingerprint density at radius 2 is 2.10 bits per heavy atom. The number of carbonyl (C=O) groups is 1. The van der Waals surface area contributed by atoms with Crippen LogP contribution in [0.5, 0.6) is 11.5 Å². The van der Waals surface area contributed by atoms with Gasteiger partial charge < -0.3 is 24.7 Å². The fourth-order valence-corrected chi connectivity index (χ4v) is 4.13. The maximum atomic E-state index is 12.5. The number of hydrogen-bond donors (Lipinski definition) is 3. The minimum atomic E-state index is -1.45. The Kier molecular flexibility index (Phi) is 7.00. The summed E-state index contributed by atoms with van der Waals surface area (Å²) in [4.78, 5) is 31.5. The molecule has 1 atom stereocenters. The van der Waals surface area contributed by atoms with Crippen LogP contribution in [0.25, 0.3) is 11.4 Å². The fraction of sp³-hybridized carbons (Fsp3) is 0.522. The number of aromatic amines is 1. The number of fused-ring (bicyclic) bond motifs is 3. The van der Waals surface area contributed by atoms with Gasteiger partial charge in [-0.3, -0.25) is 4.79 Å². The van der Waals surface area contributed by atoms with Gasteiger partial charge in [-0.15, -0.1) is 0 Å². The molecule has 3 rings (SSSR count). The van der Waals surface area contributed by atoms with Crippen LogP contribution in [0, 0.1) is 5.92 Å². The van der Waals surface area contributed by atoms with E-state index in [4.69, 9.17) is 14.5 Å². The number of aromatic nitrogens is 2. The van der Waals surface area contributed by atoms with Gasteiger partial charge in [0.05, 0.1) is 23.7 Å². The topological polar surface area (TPSA) is 122 Å². The molecule has 0 saturated heterocycles. The maximum Gasteiger partial charge on any atom is 0.345 e. The van der Waals surface area contributed by atoms with Crippen molar-refractivity contribution in [1.82, 2.24) is 9.97 Å². The lowest BCUT2D eigenvalue weighted by Crippen LogP contribution is -2.26. The summed E-state index contributed by atoms with van der Waals surface area (Å²) in [5, 5.41) is 20.2. The summed E-state index contributed by atoms with van der Waals surface area (Å²) in [6.45, 7) is 7.17. The average molecular weight is 431 g/mol. The average Bonchev–Trinajstić information content (AvgIpc) is 2.70. The highest BCUT2D eigenvalue weighted by Gasteiger charge is 2.35. The van der Waals surface area contributed by atoms with Crippen molar-refractivity contribution in [3.63, 3.8) is 0 Å². The Bertz CT molecular complexity index is 1030. The number of H-pyrrole nitrogens is 1. The van der Waals surface area contributed by atoms with Gasteiger partial charge in [-0.2, -0.15) is 0 Å².